The van der Waals surface area contributed by atoms with E-state index in [2.05, 4.69) is 0 Å². The molecule has 0 aromatic heterocycles. The van der Waals surface area contributed by atoms with Crippen LogP contribution < -0.4 is 5.73 Å². The van der Waals surface area contributed by atoms with Gasteiger partial charge in [-0.05, 0) is 43.1 Å². The molecule has 0 aliphatic heterocycles. The van der Waals surface area contributed by atoms with E-state index in [1.54, 1.807) is 0 Å². The second-order valence-corrected chi connectivity index (χ2v) is 5.82. The lowest BCUT2D eigenvalue weighted by Gasteiger charge is -2.45. The predicted octanol–water partition coefficient (Wildman–Crippen LogP) is 2.40. The Labute approximate surface area is 97.4 Å². The summed E-state index contributed by atoms with van der Waals surface area (Å²) in [6, 6.07) is 0. The van der Waals surface area contributed by atoms with E-state index in [1.807, 2.05) is 0 Å². The number of aliphatic carboxylic acids is 1. The van der Waals surface area contributed by atoms with E-state index in [9.17, 15) is 4.79 Å². The van der Waals surface area contributed by atoms with Crippen molar-refractivity contribution in [3.05, 3.63) is 0 Å². The molecule has 0 aromatic carbocycles. The van der Waals surface area contributed by atoms with E-state index in [0.29, 0.717) is 6.54 Å². The summed E-state index contributed by atoms with van der Waals surface area (Å²) in [5.74, 6) is 0.937. The molecule has 0 spiro atoms. The smallest absolute Gasteiger partial charge is 0.303 e. The van der Waals surface area contributed by atoms with E-state index in [-0.39, 0.29) is 11.8 Å². The number of fused-ring (bicyclic) bond motifs is 1. The van der Waals surface area contributed by atoms with Gasteiger partial charge in [-0.1, -0.05) is 25.7 Å². The number of hydrogen-bond donors (Lipinski definition) is 2. The molecule has 2 saturated carbocycles. The third-order valence-electron chi connectivity index (χ3n) is 4.77. The summed E-state index contributed by atoms with van der Waals surface area (Å²) >= 11 is 0. The molecular weight excluding hydrogens is 202 g/mol. The molecule has 2 aliphatic rings. The highest BCUT2D eigenvalue weighted by Crippen LogP contribution is 2.49. The number of hydrogen-bond acceptors (Lipinski definition) is 2. The monoisotopic (exact) mass is 225 g/mol. The first kappa shape index (κ1) is 11.9. The van der Waals surface area contributed by atoms with Gasteiger partial charge in [-0.2, -0.15) is 0 Å². The standard InChI is InChI=1S/C13H23NO2/c14-9-13(8-12(15)16)6-5-10-3-1-2-4-11(10)7-13/h10-11H,1-9,14H2,(H,15,16)/t10?,11?,13-/m0/s1. The van der Waals surface area contributed by atoms with Gasteiger partial charge in [0.05, 0.1) is 6.42 Å². The molecule has 0 saturated heterocycles. The Hall–Kier alpha value is -0.570. The minimum absolute atomic E-state index is 0.0929. The van der Waals surface area contributed by atoms with E-state index < -0.39 is 5.97 Å². The maximum atomic E-state index is 10.9. The van der Waals surface area contributed by atoms with Crippen molar-refractivity contribution in [3.63, 3.8) is 0 Å². The number of nitrogens with two attached hydrogens (primary N) is 1. The molecule has 0 radical (unpaired) electrons. The SMILES string of the molecule is NC[C@@]1(CC(=O)O)CCC2CCCCC2C1. The summed E-state index contributed by atoms with van der Waals surface area (Å²) < 4.78 is 0. The Morgan fingerprint density at radius 2 is 1.94 bits per heavy atom. The highest BCUT2D eigenvalue weighted by Gasteiger charge is 2.41. The average Bonchev–Trinajstić information content (AvgIpc) is 2.28. The topological polar surface area (TPSA) is 63.3 Å². The number of carboxylic acid groups (broad SMARTS) is 1. The number of carbonyl (C=O) groups is 1. The Kier molecular flexibility index (Phi) is 3.53. The molecule has 3 heteroatoms. The predicted molar refractivity (Wildman–Crippen MR) is 63.0 cm³/mol. The first-order valence-corrected chi connectivity index (χ1v) is 6.57. The van der Waals surface area contributed by atoms with Crippen molar-refractivity contribution in [1.29, 1.82) is 0 Å². The Bertz CT molecular complexity index is 267. The molecular formula is C13H23NO2. The van der Waals surface area contributed by atoms with Gasteiger partial charge in [-0.25, -0.2) is 0 Å². The largest absolute Gasteiger partial charge is 0.481 e. The Morgan fingerprint density at radius 1 is 1.25 bits per heavy atom. The van der Waals surface area contributed by atoms with Crippen molar-refractivity contribution in [2.24, 2.45) is 23.0 Å². The lowest BCUT2D eigenvalue weighted by Crippen LogP contribution is -2.41. The van der Waals surface area contributed by atoms with Crippen molar-refractivity contribution in [1.82, 2.24) is 0 Å². The molecule has 0 bridgehead atoms. The van der Waals surface area contributed by atoms with Crippen LogP contribution in [0, 0.1) is 17.3 Å². The van der Waals surface area contributed by atoms with Crippen LogP contribution in [0.3, 0.4) is 0 Å². The minimum Gasteiger partial charge on any atom is -0.481 e. The van der Waals surface area contributed by atoms with Gasteiger partial charge in [0.2, 0.25) is 0 Å². The third-order valence-corrected chi connectivity index (χ3v) is 4.77. The van der Waals surface area contributed by atoms with Crippen LogP contribution in [-0.4, -0.2) is 17.6 Å². The van der Waals surface area contributed by atoms with Crippen LogP contribution in [0.4, 0.5) is 0 Å². The second-order valence-electron chi connectivity index (χ2n) is 5.82. The van der Waals surface area contributed by atoms with Gasteiger partial charge in [-0.15, -0.1) is 0 Å². The van der Waals surface area contributed by atoms with Crippen molar-refractivity contribution >= 4 is 5.97 Å². The van der Waals surface area contributed by atoms with Crippen LogP contribution in [0.1, 0.15) is 51.4 Å². The van der Waals surface area contributed by atoms with E-state index in [0.717, 1.165) is 24.7 Å². The molecule has 0 heterocycles. The lowest BCUT2D eigenvalue weighted by molar-refractivity contribution is -0.141. The number of rotatable bonds is 3. The zero-order valence-corrected chi connectivity index (χ0v) is 9.95. The summed E-state index contributed by atoms with van der Waals surface area (Å²) in [6.07, 6.45) is 8.91. The van der Waals surface area contributed by atoms with Gasteiger partial charge in [0, 0.05) is 0 Å². The van der Waals surface area contributed by atoms with Gasteiger partial charge in [-0.3, -0.25) is 4.79 Å². The van der Waals surface area contributed by atoms with Crippen LogP contribution in [0.25, 0.3) is 0 Å². The molecule has 2 aliphatic carbocycles. The van der Waals surface area contributed by atoms with Crippen LogP contribution in [0.15, 0.2) is 0 Å². The van der Waals surface area contributed by atoms with Gasteiger partial charge in [0.1, 0.15) is 0 Å². The zero-order chi connectivity index (χ0) is 11.6. The fourth-order valence-electron chi connectivity index (χ4n) is 3.82. The van der Waals surface area contributed by atoms with Crippen LogP contribution in [-0.2, 0) is 4.79 Å². The van der Waals surface area contributed by atoms with Gasteiger partial charge in [0.25, 0.3) is 0 Å². The average molecular weight is 225 g/mol. The molecule has 0 amide bonds. The summed E-state index contributed by atoms with van der Waals surface area (Å²) in [7, 11) is 0. The molecule has 3 nitrogen and oxygen atoms in total. The highest BCUT2D eigenvalue weighted by molar-refractivity contribution is 5.67. The summed E-state index contributed by atoms with van der Waals surface area (Å²) in [4.78, 5) is 10.9. The summed E-state index contributed by atoms with van der Waals surface area (Å²) in [6.45, 7) is 0.544. The van der Waals surface area contributed by atoms with Gasteiger partial charge >= 0.3 is 5.97 Å². The van der Waals surface area contributed by atoms with Crippen LogP contribution >= 0.6 is 0 Å². The molecule has 2 unspecified atom stereocenters. The second kappa shape index (κ2) is 4.74. The maximum Gasteiger partial charge on any atom is 0.303 e. The van der Waals surface area contributed by atoms with E-state index >= 15 is 0 Å². The minimum atomic E-state index is -0.681. The normalized spacial score (nSPS) is 39.1. The Balaban J connectivity index is 2.03. The first-order chi connectivity index (χ1) is 7.65. The fraction of sp³-hybridized carbons (Fsp3) is 0.923. The van der Waals surface area contributed by atoms with Crippen molar-refractivity contribution in [2.75, 3.05) is 6.54 Å². The molecule has 0 aromatic rings. The third kappa shape index (κ3) is 2.40. The molecule has 3 N–H and O–H groups in total. The molecule has 16 heavy (non-hydrogen) atoms. The molecule has 92 valence electrons. The van der Waals surface area contributed by atoms with Crippen molar-refractivity contribution < 1.29 is 9.90 Å². The quantitative estimate of drug-likeness (QED) is 0.775. The van der Waals surface area contributed by atoms with Crippen molar-refractivity contribution in [2.45, 2.75) is 51.4 Å². The zero-order valence-electron chi connectivity index (χ0n) is 9.95. The summed E-state index contributed by atoms with van der Waals surface area (Å²) in [5, 5.41) is 9.00. The summed E-state index contributed by atoms with van der Waals surface area (Å²) in [5.41, 5.74) is 5.75. The van der Waals surface area contributed by atoms with Crippen molar-refractivity contribution in [3.8, 4) is 0 Å². The molecule has 3 atom stereocenters. The van der Waals surface area contributed by atoms with Gasteiger partial charge in [0.15, 0.2) is 0 Å². The first-order valence-electron chi connectivity index (χ1n) is 6.57. The highest BCUT2D eigenvalue weighted by atomic mass is 16.4. The molecule has 2 rings (SSSR count). The van der Waals surface area contributed by atoms with E-state index in [4.69, 9.17) is 10.8 Å². The van der Waals surface area contributed by atoms with Crippen LogP contribution in [0.2, 0.25) is 0 Å². The van der Waals surface area contributed by atoms with E-state index in [1.165, 1.54) is 32.1 Å². The maximum absolute atomic E-state index is 10.9. The van der Waals surface area contributed by atoms with Gasteiger partial charge < -0.3 is 10.8 Å². The Morgan fingerprint density at radius 3 is 2.56 bits per heavy atom. The number of carboxylic acids is 1. The fourth-order valence-corrected chi connectivity index (χ4v) is 3.82. The lowest BCUT2D eigenvalue weighted by atomic mass is 9.60. The molecule has 2 fully saturated rings. The van der Waals surface area contributed by atoms with Crippen LogP contribution in [0.5, 0.6) is 0 Å².